The lowest BCUT2D eigenvalue weighted by molar-refractivity contribution is -0.114. The van der Waals surface area contributed by atoms with Gasteiger partial charge in [0.1, 0.15) is 6.07 Å². The molecule has 0 bridgehead atoms. The van der Waals surface area contributed by atoms with Crippen LogP contribution in [0.2, 0.25) is 0 Å². The van der Waals surface area contributed by atoms with Crippen LogP contribution in [0, 0.1) is 11.3 Å². The second-order valence-corrected chi connectivity index (χ2v) is 5.35. The topological polar surface area (TPSA) is 105 Å². The van der Waals surface area contributed by atoms with Crippen LogP contribution in [0.1, 0.15) is 27.9 Å². The zero-order chi connectivity index (χ0) is 16.8. The molecule has 1 amide bonds. The molecule has 1 aromatic carbocycles. The van der Waals surface area contributed by atoms with Crippen molar-refractivity contribution in [1.82, 2.24) is 10.2 Å². The number of allylic oxidation sites excluding steroid dienone is 1. The zero-order valence-corrected chi connectivity index (χ0v) is 13.2. The van der Waals surface area contributed by atoms with Crippen LogP contribution >= 0.6 is 11.3 Å². The fourth-order valence-electron chi connectivity index (χ4n) is 1.67. The molecule has 1 N–H and O–H groups in total. The first-order valence-corrected chi connectivity index (χ1v) is 7.26. The number of methoxy groups -OCH3 is 1. The molecule has 0 aliphatic carbocycles. The second kappa shape index (κ2) is 7.29. The smallest absolute Gasteiger partial charge is 0.337 e. The van der Waals surface area contributed by atoms with E-state index in [1.54, 1.807) is 30.3 Å². The minimum atomic E-state index is -0.426. The maximum Gasteiger partial charge on any atom is 0.337 e. The summed E-state index contributed by atoms with van der Waals surface area (Å²) in [6.07, 6.45) is 1.62. The van der Waals surface area contributed by atoms with Crippen LogP contribution in [0.5, 0.6) is 0 Å². The van der Waals surface area contributed by atoms with Crippen molar-refractivity contribution in [3.8, 4) is 6.07 Å². The maximum absolute atomic E-state index is 11.4. The Morgan fingerprint density at radius 3 is 2.57 bits per heavy atom. The highest BCUT2D eigenvalue weighted by Gasteiger charge is 2.10. The van der Waals surface area contributed by atoms with Crippen molar-refractivity contribution < 1.29 is 14.3 Å². The number of aromatic nitrogens is 2. The van der Waals surface area contributed by atoms with Gasteiger partial charge in [-0.05, 0) is 23.8 Å². The zero-order valence-electron chi connectivity index (χ0n) is 12.4. The Morgan fingerprint density at radius 2 is 2.00 bits per heavy atom. The number of amides is 1. The van der Waals surface area contributed by atoms with E-state index in [0.29, 0.717) is 21.3 Å². The van der Waals surface area contributed by atoms with Crippen molar-refractivity contribution in [2.24, 2.45) is 0 Å². The summed E-state index contributed by atoms with van der Waals surface area (Å²) in [5.41, 5.74) is 1.46. The van der Waals surface area contributed by atoms with E-state index in [2.05, 4.69) is 20.3 Å². The number of carbonyl (C=O) groups excluding carboxylic acids is 2. The number of nitrogens with one attached hydrogen (secondary N) is 1. The van der Waals surface area contributed by atoms with E-state index in [1.165, 1.54) is 14.0 Å². The van der Waals surface area contributed by atoms with Gasteiger partial charge in [-0.25, -0.2) is 4.79 Å². The van der Waals surface area contributed by atoms with Crippen molar-refractivity contribution in [1.29, 1.82) is 5.26 Å². The van der Waals surface area contributed by atoms with Gasteiger partial charge in [0.25, 0.3) is 0 Å². The molecule has 2 rings (SSSR count). The number of carbonyl (C=O) groups is 2. The molecule has 0 radical (unpaired) electrons. The van der Waals surface area contributed by atoms with E-state index >= 15 is 0 Å². The summed E-state index contributed by atoms with van der Waals surface area (Å²) in [5, 5.41) is 20.2. The Morgan fingerprint density at radius 1 is 1.30 bits per heavy atom. The molecule has 0 aliphatic heterocycles. The highest BCUT2D eigenvalue weighted by molar-refractivity contribution is 7.16. The number of benzene rings is 1. The lowest BCUT2D eigenvalue weighted by Gasteiger charge is -1.99. The first-order valence-electron chi connectivity index (χ1n) is 6.45. The summed E-state index contributed by atoms with van der Waals surface area (Å²) in [4.78, 5) is 22.3. The van der Waals surface area contributed by atoms with Crippen molar-refractivity contribution in [2.75, 3.05) is 12.4 Å². The van der Waals surface area contributed by atoms with Crippen LogP contribution in [0.3, 0.4) is 0 Å². The molecule has 7 nitrogen and oxygen atoms in total. The minimum Gasteiger partial charge on any atom is -0.465 e. The molecular formula is C15H12N4O3S. The van der Waals surface area contributed by atoms with Gasteiger partial charge in [0.15, 0.2) is 5.01 Å². The first-order chi connectivity index (χ1) is 11.0. The van der Waals surface area contributed by atoms with Crippen molar-refractivity contribution >= 4 is 40.0 Å². The van der Waals surface area contributed by atoms with E-state index in [0.717, 1.165) is 16.9 Å². The number of nitriles is 1. The molecule has 0 fully saturated rings. The maximum atomic E-state index is 11.4. The lowest BCUT2D eigenvalue weighted by atomic mass is 10.1. The van der Waals surface area contributed by atoms with Crippen LogP contribution in [0.25, 0.3) is 11.6 Å². The van der Waals surface area contributed by atoms with Gasteiger partial charge < -0.3 is 10.1 Å². The SMILES string of the molecule is COC(=O)c1ccc(/C=C(\C#N)c2nnc(NC(C)=O)s2)cc1. The van der Waals surface area contributed by atoms with Gasteiger partial charge in [-0.3, -0.25) is 4.79 Å². The first kappa shape index (κ1) is 16.3. The van der Waals surface area contributed by atoms with E-state index < -0.39 is 5.97 Å². The molecule has 0 unspecified atom stereocenters. The third kappa shape index (κ3) is 4.21. The van der Waals surface area contributed by atoms with Crippen LogP contribution < -0.4 is 5.32 Å². The van der Waals surface area contributed by atoms with E-state index in [9.17, 15) is 14.9 Å². The number of nitrogens with zero attached hydrogens (tertiary/aromatic N) is 3. The Labute approximate surface area is 136 Å². The number of ether oxygens (including phenoxy) is 1. The van der Waals surface area contributed by atoms with Crippen molar-refractivity contribution in [3.05, 3.63) is 40.4 Å². The molecule has 1 aromatic heterocycles. The van der Waals surface area contributed by atoms with E-state index in [4.69, 9.17) is 0 Å². The van der Waals surface area contributed by atoms with Gasteiger partial charge in [0, 0.05) is 6.92 Å². The average Bonchev–Trinajstić information content (AvgIpc) is 2.99. The quantitative estimate of drug-likeness (QED) is 0.682. The molecule has 2 aromatic rings. The van der Waals surface area contributed by atoms with Crippen LogP contribution in [0.4, 0.5) is 5.13 Å². The molecule has 116 valence electrons. The average molecular weight is 328 g/mol. The number of esters is 1. The van der Waals surface area contributed by atoms with E-state index in [-0.39, 0.29) is 5.91 Å². The predicted octanol–water partition coefficient (Wildman–Crippen LogP) is 2.35. The van der Waals surface area contributed by atoms with Gasteiger partial charge in [0.2, 0.25) is 11.0 Å². The summed E-state index contributed by atoms with van der Waals surface area (Å²) < 4.78 is 4.62. The molecule has 0 spiro atoms. The molecule has 8 heteroatoms. The summed E-state index contributed by atoms with van der Waals surface area (Å²) in [5.74, 6) is -0.682. The van der Waals surface area contributed by atoms with Crippen molar-refractivity contribution in [3.63, 3.8) is 0 Å². The molecule has 0 aliphatic rings. The van der Waals surface area contributed by atoms with E-state index in [1.807, 2.05) is 6.07 Å². The minimum absolute atomic E-state index is 0.256. The molecule has 1 heterocycles. The lowest BCUT2D eigenvalue weighted by Crippen LogP contribution is -2.04. The van der Waals surface area contributed by atoms with Gasteiger partial charge >= 0.3 is 5.97 Å². The highest BCUT2D eigenvalue weighted by Crippen LogP contribution is 2.24. The number of hydrogen-bond donors (Lipinski definition) is 1. The van der Waals surface area contributed by atoms with Crippen molar-refractivity contribution in [2.45, 2.75) is 6.92 Å². The van der Waals surface area contributed by atoms with Gasteiger partial charge in [-0.1, -0.05) is 23.5 Å². The molecule has 0 atom stereocenters. The number of hydrogen-bond acceptors (Lipinski definition) is 7. The molecule has 0 saturated heterocycles. The fraction of sp³-hybridized carbons (Fsp3) is 0.133. The number of anilines is 1. The van der Waals surface area contributed by atoms with Gasteiger partial charge in [-0.2, -0.15) is 5.26 Å². The largest absolute Gasteiger partial charge is 0.465 e. The fourth-order valence-corrected chi connectivity index (χ4v) is 2.43. The Bertz CT molecular complexity index is 803. The van der Waals surface area contributed by atoms with Crippen LogP contribution in [0.15, 0.2) is 24.3 Å². The third-order valence-electron chi connectivity index (χ3n) is 2.70. The third-order valence-corrected chi connectivity index (χ3v) is 3.57. The Hall–Kier alpha value is -3.05. The summed E-state index contributed by atoms with van der Waals surface area (Å²) in [6.45, 7) is 1.37. The summed E-state index contributed by atoms with van der Waals surface area (Å²) in [7, 11) is 1.31. The van der Waals surface area contributed by atoms with Crippen LogP contribution in [-0.4, -0.2) is 29.2 Å². The Balaban J connectivity index is 2.25. The summed E-state index contributed by atoms with van der Waals surface area (Å²) in [6, 6.07) is 8.65. The van der Waals surface area contributed by atoms with Gasteiger partial charge in [-0.15, -0.1) is 10.2 Å². The molecule has 23 heavy (non-hydrogen) atoms. The number of rotatable bonds is 4. The normalized spacial score (nSPS) is 10.7. The van der Waals surface area contributed by atoms with Crippen LogP contribution in [-0.2, 0) is 9.53 Å². The van der Waals surface area contributed by atoms with Gasteiger partial charge in [0.05, 0.1) is 18.2 Å². The summed E-state index contributed by atoms with van der Waals surface area (Å²) >= 11 is 1.11. The second-order valence-electron chi connectivity index (χ2n) is 4.38. The molecular weight excluding hydrogens is 316 g/mol. The standard InChI is InChI=1S/C15H12N4O3S/c1-9(20)17-15-19-18-13(23-15)12(8-16)7-10-3-5-11(6-4-10)14(21)22-2/h3-7H,1-2H3,(H,17,19,20)/b12-7+. The molecule has 0 saturated carbocycles. The monoisotopic (exact) mass is 328 g/mol. The highest BCUT2D eigenvalue weighted by atomic mass is 32.1. The Kier molecular flexibility index (Phi) is 5.17. The predicted molar refractivity (Wildman–Crippen MR) is 85.5 cm³/mol.